The number of halogens is 3. The number of alkyl halides is 3. The molecule has 0 amide bonds. The van der Waals surface area contributed by atoms with Gasteiger partial charge >= 0.3 is 11.8 Å². The Hall–Kier alpha value is -2.76. The fourth-order valence-electron chi connectivity index (χ4n) is 2.43. The highest BCUT2D eigenvalue weighted by molar-refractivity contribution is 5.83. The van der Waals surface area contributed by atoms with Crippen LogP contribution in [0.2, 0.25) is 0 Å². The highest BCUT2D eigenvalue weighted by atomic mass is 19.4. The van der Waals surface area contributed by atoms with Crippen molar-refractivity contribution in [2.75, 3.05) is 0 Å². The summed E-state index contributed by atoms with van der Waals surface area (Å²) in [5.74, 6) is -0.0425. The lowest BCUT2D eigenvalue weighted by molar-refractivity contribution is -0.137. The molecular weight excluding hydrogens is 309 g/mol. The predicted octanol–water partition coefficient (Wildman–Crippen LogP) is 4.49. The van der Waals surface area contributed by atoms with Crippen LogP contribution in [-0.4, -0.2) is 5.11 Å². The summed E-state index contributed by atoms with van der Waals surface area (Å²) in [6.07, 6.45) is -4.44. The predicted molar refractivity (Wildman–Crippen MR) is 79.3 cm³/mol. The molecule has 0 atom stereocenters. The average molecular weight is 320 g/mol. The number of aromatic hydroxyl groups is 1. The molecule has 0 spiro atoms. The molecule has 1 N–H and O–H groups in total. The van der Waals surface area contributed by atoms with Gasteiger partial charge in [-0.2, -0.15) is 13.2 Å². The van der Waals surface area contributed by atoms with Gasteiger partial charge in [-0.05, 0) is 48.4 Å². The van der Waals surface area contributed by atoms with E-state index in [2.05, 4.69) is 0 Å². The van der Waals surface area contributed by atoms with Crippen LogP contribution in [-0.2, 0) is 6.18 Å². The zero-order valence-electron chi connectivity index (χ0n) is 11.9. The van der Waals surface area contributed by atoms with Crippen molar-refractivity contribution in [3.05, 3.63) is 64.0 Å². The van der Waals surface area contributed by atoms with E-state index >= 15 is 0 Å². The van der Waals surface area contributed by atoms with E-state index in [-0.39, 0.29) is 16.9 Å². The standard InChI is InChI=1S/C17H11F3O3/c1-9-6-11(17(18,19)20)3-5-13(9)14-7-10-2-4-12(21)8-15(10)23-16(14)22/h2-8,21H,1H3. The molecule has 3 nitrogen and oxygen atoms in total. The van der Waals surface area contributed by atoms with Gasteiger partial charge in [0.25, 0.3) is 0 Å². The van der Waals surface area contributed by atoms with Crippen molar-refractivity contribution in [3.8, 4) is 16.9 Å². The van der Waals surface area contributed by atoms with Gasteiger partial charge < -0.3 is 9.52 Å². The normalized spacial score (nSPS) is 11.8. The molecule has 0 saturated carbocycles. The number of fused-ring (bicyclic) bond motifs is 1. The third-order valence-corrected chi connectivity index (χ3v) is 3.56. The largest absolute Gasteiger partial charge is 0.508 e. The number of hydrogen-bond acceptors (Lipinski definition) is 3. The van der Waals surface area contributed by atoms with E-state index in [9.17, 15) is 23.1 Å². The zero-order valence-corrected chi connectivity index (χ0v) is 11.9. The minimum absolute atomic E-state index is 0.0425. The first-order valence-corrected chi connectivity index (χ1v) is 6.71. The first-order chi connectivity index (χ1) is 10.8. The van der Waals surface area contributed by atoms with E-state index in [0.29, 0.717) is 16.5 Å². The quantitative estimate of drug-likeness (QED) is 0.672. The Morgan fingerprint density at radius 1 is 1.00 bits per heavy atom. The van der Waals surface area contributed by atoms with Gasteiger partial charge in [0.2, 0.25) is 0 Å². The molecular formula is C17H11F3O3. The molecule has 0 unspecified atom stereocenters. The third-order valence-electron chi connectivity index (χ3n) is 3.56. The monoisotopic (exact) mass is 320 g/mol. The van der Waals surface area contributed by atoms with Crippen LogP contribution < -0.4 is 5.63 Å². The fourth-order valence-corrected chi connectivity index (χ4v) is 2.43. The molecule has 0 saturated heterocycles. The second-order valence-electron chi connectivity index (χ2n) is 5.20. The lowest BCUT2D eigenvalue weighted by Gasteiger charge is -2.11. The lowest BCUT2D eigenvalue weighted by atomic mass is 9.98. The summed E-state index contributed by atoms with van der Waals surface area (Å²) in [6.45, 7) is 1.50. The Balaban J connectivity index is 2.19. The van der Waals surface area contributed by atoms with Gasteiger partial charge in [0, 0.05) is 11.5 Å². The number of rotatable bonds is 1. The zero-order chi connectivity index (χ0) is 16.8. The summed E-state index contributed by atoms with van der Waals surface area (Å²) < 4.78 is 43.3. The summed E-state index contributed by atoms with van der Waals surface area (Å²) in [4.78, 5) is 12.1. The van der Waals surface area contributed by atoms with Gasteiger partial charge in [-0.15, -0.1) is 0 Å². The lowest BCUT2D eigenvalue weighted by Crippen LogP contribution is -2.07. The van der Waals surface area contributed by atoms with Gasteiger partial charge in [-0.25, -0.2) is 4.79 Å². The summed E-state index contributed by atoms with van der Waals surface area (Å²) in [7, 11) is 0. The molecule has 23 heavy (non-hydrogen) atoms. The highest BCUT2D eigenvalue weighted by Gasteiger charge is 2.30. The van der Waals surface area contributed by atoms with Crippen LogP contribution in [0.3, 0.4) is 0 Å². The van der Waals surface area contributed by atoms with Crippen molar-refractivity contribution in [3.63, 3.8) is 0 Å². The SMILES string of the molecule is Cc1cc(C(F)(F)F)ccc1-c1cc2ccc(O)cc2oc1=O. The maximum Gasteiger partial charge on any atom is 0.416 e. The molecule has 3 aromatic rings. The minimum atomic E-state index is -4.44. The maximum atomic E-state index is 12.7. The molecule has 0 aliphatic rings. The van der Waals surface area contributed by atoms with E-state index in [1.54, 1.807) is 6.07 Å². The van der Waals surface area contributed by atoms with Gasteiger partial charge in [0.05, 0.1) is 11.1 Å². The molecule has 6 heteroatoms. The summed E-state index contributed by atoms with van der Waals surface area (Å²) >= 11 is 0. The van der Waals surface area contributed by atoms with Crippen LogP contribution >= 0.6 is 0 Å². The van der Waals surface area contributed by atoms with Crippen molar-refractivity contribution in [2.24, 2.45) is 0 Å². The topological polar surface area (TPSA) is 50.4 Å². The van der Waals surface area contributed by atoms with Gasteiger partial charge in [0.15, 0.2) is 0 Å². The second-order valence-corrected chi connectivity index (χ2v) is 5.20. The molecule has 118 valence electrons. The molecule has 0 bridgehead atoms. The molecule has 0 aliphatic carbocycles. The summed E-state index contributed by atoms with van der Waals surface area (Å²) in [6, 6.07) is 9.04. The first-order valence-electron chi connectivity index (χ1n) is 6.71. The van der Waals surface area contributed by atoms with Crippen LogP contribution in [0.4, 0.5) is 13.2 Å². The van der Waals surface area contributed by atoms with Gasteiger partial charge in [-0.1, -0.05) is 6.07 Å². The van der Waals surface area contributed by atoms with Crippen LogP contribution in [0.1, 0.15) is 11.1 Å². The number of aryl methyl sites for hydroxylation is 1. The van der Waals surface area contributed by atoms with E-state index in [0.717, 1.165) is 12.1 Å². The first kappa shape index (κ1) is 15.1. The van der Waals surface area contributed by atoms with E-state index < -0.39 is 17.4 Å². The molecule has 0 radical (unpaired) electrons. The smallest absolute Gasteiger partial charge is 0.416 e. The Labute approximate surface area is 128 Å². The van der Waals surface area contributed by atoms with Crippen molar-refractivity contribution >= 4 is 11.0 Å². The van der Waals surface area contributed by atoms with Crippen LogP contribution in [0, 0.1) is 6.92 Å². The van der Waals surface area contributed by atoms with Gasteiger partial charge in [0.1, 0.15) is 11.3 Å². The van der Waals surface area contributed by atoms with Crippen molar-refractivity contribution in [2.45, 2.75) is 13.1 Å². The Morgan fingerprint density at radius 2 is 1.74 bits per heavy atom. The number of phenols is 1. The molecule has 1 aromatic heterocycles. The Morgan fingerprint density at radius 3 is 2.39 bits per heavy atom. The van der Waals surface area contributed by atoms with Crippen LogP contribution in [0.15, 0.2) is 51.7 Å². The van der Waals surface area contributed by atoms with Crippen molar-refractivity contribution < 1.29 is 22.7 Å². The Bertz CT molecular complexity index is 955. The van der Waals surface area contributed by atoms with E-state index in [1.807, 2.05) is 0 Å². The van der Waals surface area contributed by atoms with Crippen LogP contribution in [0.5, 0.6) is 5.75 Å². The number of benzene rings is 2. The second kappa shape index (κ2) is 5.15. The van der Waals surface area contributed by atoms with Gasteiger partial charge in [-0.3, -0.25) is 0 Å². The van der Waals surface area contributed by atoms with Crippen molar-refractivity contribution in [1.29, 1.82) is 0 Å². The molecule has 3 rings (SSSR count). The molecule has 2 aromatic carbocycles. The van der Waals surface area contributed by atoms with Crippen molar-refractivity contribution in [1.82, 2.24) is 0 Å². The highest BCUT2D eigenvalue weighted by Crippen LogP contribution is 2.33. The maximum absolute atomic E-state index is 12.7. The van der Waals surface area contributed by atoms with E-state index in [1.165, 1.54) is 31.2 Å². The summed E-state index contributed by atoms with van der Waals surface area (Å²) in [5.41, 5.74) is -0.357. The summed E-state index contributed by atoms with van der Waals surface area (Å²) in [5, 5.41) is 9.96. The average Bonchev–Trinajstić information content (AvgIpc) is 2.46. The fraction of sp³-hybridized carbons (Fsp3) is 0.118. The number of phenolic OH excluding ortho intramolecular Hbond substituents is 1. The Kier molecular flexibility index (Phi) is 3.39. The minimum Gasteiger partial charge on any atom is -0.508 e. The molecule has 0 fully saturated rings. The molecule has 1 heterocycles. The van der Waals surface area contributed by atoms with Crippen LogP contribution in [0.25, 0.3) is 22.1 Å². The molecule has 0 aliphatic heterocycles. The number of hydrogen-bond donors (Lipinski definition) is 1. The van der Waals surface area contributed by atoms with E-state index in [4.69, 9.17) is 4.42 Å². The third kappa shape index (κ3) is 2.79.